The Morgan fingerprint density at radius 1 is 1.12 bits per heavy atom. The van der Waals surface area contributed by atoms with E-state index in [-0.39, 0.29) is 31.3 Å². The molecular formula is C20H26F3N3O6. The number of aryl methyl sites for hydroxylation is 1. The zero-order valence-electron chi connectivity index (χ0n) is 17.5. The number of hydrogen-bond acceptors (Lipinski definition) is 5. The molecule has 4 N–H and O–H groups in total. The van der Waals surface area contributed by atoms with Crippen molar-refractivity contribution in [3.05, 3.63) is 29.3 Å². The van der Waals surface area contributed by atoms with Crippen LogP contribution in [0.1, 0.15) is 41.6 Å². The molecule has 2 rings (SSSR count). The molecule has 0 bridgehead atoms. The number of alkyl halides is 3. The minimum atomic E-state index is -5.08. The van der Waals surface area contributed by atoms with E-state index in [0.29, 0.717) is 17.8 Å². The average Bonchev–Trinajstić information content (AvgIpc) is 2.80. The number of halogens is 3. The number of amides is 2. The lowest BCUT2D eigenvalue weighted by atomic mass is 10.0. The van der Waals surface area contributed by atoms with Crippen molar-refractivity contribution in [3.63, 3.8) is 0 Å². The smallest absolute Gasteiger partial charge is 0.481 e. The first-order chi connectivity index (χ1) is 14.9. The topological polar surface area (TPSA) is 141 Å². The number of fused-ring (bicyclic) bond motifs is 1. The van der Waals surface area contributed by atoms with Gasteiger partial charge in [-0.2, -0.15) is 13.2 Å². The lowest BCUT2D eigenvalue weighted by molar-refractivity contribution is -0.192. The van der Waals surface area contributed by atoms with Gasteiger partial charge in [-0.25, -0.2) is 4.79 Å². The first-order valence-electron chi connectivity index (χ1n) is 9.79. The van der Waals surface area contributed by atoms with Gasteiger partial charge in [-0.05, 0) is 43.5 Å². The minimum Gasteiger partial charge on any atom is -0.481 e. The fourth-order valence-corrected chi connectivity index (χ4v) is 2.91. The summed E-state index contributed by atoms with van der Waals surface area (Å²) in [5, 5.41) is 16.0. The Balaban J connectivity index is 0.000000633. The van der Waals surface area contributed by atoms with Gasteiger partial charge >= 0.3 is 18.1 Å². The minimum absolute atomic E-state index is 0.0217. The van der Waals surface area contributed by atoms with Gasteiger partial charge in [-0.1, -0.05) is 12.5 Å². The van der Waals surface area contributed by atoms with E-state index in [1.807, 2.05) is 12.1 Å². The van der Waals surface area contributed by atoms with Crippen LogP contribution < -0.4 is 10.6 Å². The SMILES string of the molecule is CN1C(=O)CN(CCC(=O)O)C(=O)c2cc(CCCCCN)ccc21.O=C(O)C(F)(F)F. The highest BCUT2D eigenvalue weighted by atomic mass is 19.4. The van der Waals surface area contributed by atoms with Gasteiger partial charge in [0.1, 0.15) is 6.54 Å². The van der Waals surface area contributed by atoms with Crippen molar-refractivity contribution in [1.29, 1.82) is 0 Å². The molecule has 12 heteroatoms. The van der Waals surface area contributed by atoms with Crippen LogP contribution in [0, 0.1) is 0 Å². The average molecular weight is 461 g/mol. The molecule has 0 aliphatic carbocycles. The standard InChI is InChI=1S/C18H25N3O4.C2HF3O2/c1-20-15-7-6-13(5-3-2-4-9-19)11-14(15)18(25)21(12-16(20)22)10-8-17(23)24;3-2(4,5)1(6)7/h6-7,11H,2-5,8-10,12,19H2,1H3,(H,23,24);(H,6,7). The maximum atomic E-state index is 12.8. The van der Waals surface area contributed by atoms with Crippen molar-refractivity contribution in [3.8, 4) is 0 Å². The Kier molecular flexibility index (Phi) is 10.1. The molecule has 0 aromatic heterocycles. The van der Waals surface area contributed by atoms with Crippen LogP contribution in [0.4, 0.5) is 18.9 Å². The predicted molar refractivity (Wildman–Crippen MR) is 108 cm³/mol. The number of carbonyl (C=O) groups excluding carboxylic acids is 2. The van der Waals surface area contributed by atoms with Crippen LogP contribution in [0.15, 0.2) is 18.2 Å². The van der Waals surface area contributed by atoms with Gasteiger partial charge in [-0.3, -0.25) is 14.4 Å². The number of aliphatic carboxylic acids is 2. The number of carbonyl (C=O) groups is 4. The molecule has 0 atom stereocenters. The van der Waals surface area contributed by atoms with E-state index < -0.39 is 18.1 Å². The lowest BCUT2D eigenvalue weighted by Gasteiger charge is -2.19. The van der Waals surface area contributed by atoms with Crippen LogP contribution in [0.5, 0.6) is 0 Å². The van der Waals surface area contributed by atoms with E-state index in [4.69, 9.17) is 20.7 Å². The van der Waals surface area contributed by atoms with Crippen molar-refractivity contribution in [1.82, 2.24) is 4.90 Å². The third-order valence-corrected chi connectivity index (χ3v) is 4.65. The largest absolute Gasteiger partial charge is 0.490 e. The number of anilines is 1. The summed E-state index contributed by atoms with van der Waals surface area (Å²) < 4.78 is 31.7. The van der Waals surface area contributed by atoms with E-state index in [1.165, 1.54) is 9.80 Å². The maximum absolute atomic E-state index is 12.8. The van der Waals surface area contributed by atoms with Crippen molar-refractivity contribution in [2.75, 3.05) is 31.6 Å². The molecule has 0 unspecified atom stereocenters. The molecule has 0 saturated heterocycles. The summed E-state index contributed by atoms with van der Waals surface area (Å²) in [6.45, 7) is 0.588. The summed E-state index contributed by atoms with van der Waals surface area (Å²) in [5.41, 5.74) is 7.55. The van der Waals surface area contributed by atoms with Gasteiger partial charge in [0.2, 0.25) is 5.91 Å². The van der Waals surface area contributed by atoms with Crippen LogP contribution in [-0.2, 0) is 20.8 Å². The normalized spacial score (nSPS) is 13.8. The van der Waals surface area contributed by atoms with Crippen LogP contribution in [0.3, 0.4) is 0 Å². The number of carboxylic acid groups (broad SMARTS) is 2. The van der Waals surface area contributed by atoms with E-state index in [2.05, 4.69) is 0 Å². The molecule has 9 nitrogen and oxygen atoms in total. The number of nitrogens with two attached hydrogens (primary N) is 1. The second-order valence-electron chi connectivity index (χ2n) is 7.08. The molecule has 0 radical (unpaired) electrons. The van der Waals surface area contributed by atoms with Crippen molar-refractivity contribution < 1.29 is 42.6 Å². The fourth-order valence-electron chi connectivity index (χ4n) is 2.91. The molecule has 1 aromatic rings. The summed E-state index contributed by atoms with van der Waals surface area (Å²) in [7, 11) is 1.63. The highest BCUT2D eigenvalue weighted by Crippen LogP contribution is 2.26. The second-order valence-corrected chi connectivity index (χ2v) is 7.08. The van der Waals surface area contributed by atoms with Gasteiger partial charge in [0, 0.05) is 13.6 Å². The molecule has 1 aromatic carbocycles. The highest BCUT2D eigenvalue weighted by molar-refractivity contribution is 6.09. The van der Waals surface area contributed by atoms with E-state index in [1.54, 1.807) is 13.1 Å². The lowest BCUT2D eigenvalue weighted by Crippen LogP contribution is -2.38. The summed E-state index contributed by atoms with van der Waals surface area (Å²) in [6.07, 6.45) is -1.43. The van der Waals surface area contributed by atoms with Gasteiger partial charge in [0.25, 0.3) is 5.91 Å². The molecule has 1 heterocycles. The molecule has 2 amide bonds. The molecule has 0 spiro atoms. The van der Waals surface area contributed by atoms with Crippen LogP contribution in [-0.4, -0.2) is 71.7 Å². The fraction of sp³-hybridized carbons (Fsp3) is 0.500. The van der Waals surface area contributed by atoms with Crippen molar-refractivity contribution >= 4 is 29.4 Å². The number of nitrogens with zero attached hydrogens (tertiary/aromatic N) is 2. The molecule has 32 heavy (non-hydrogen) atoms. The van der Waals surface area contributed by atoms with E-state index in [9.17, 15) is 27.6 Å². The number of benzene rings is 1. The van der Waals surface area contributed by atoms with Crippen molar-refractivity contribution in [2.24, 2.45) is 5.73 Å². The Labute approximate surface area is 182 Å². The molecular weight excluding hydrogens is 435 g/mol. The number of carboxylic acids is 2. The summed E-state index contributed by atoms with van der Waals surface area (Å²) in [6, 6.07) is 5.55. The molecule has 178 valence electrons. The predicted octanol–water partition coefficient (Wildman–Crippen LogP) is 1.88. The number of rotatable bonds is 8. The third-order valence-electron chi connectivity index (χ3n) is 4.65. The van der Waals surface area contributed by atoms with Crippen LogP contribution in [0.2, 0.25) is 0 Å². The molecule has 0 fully saturated rings. The van der Waals surface area contributed by atoms with E-state index in [0.717, 1.165) is 31.2 Å². The maximum Gasteiger partial charge on any atom is 0.490 e. The first kappa shape index (κ1) is 26.9. The quantitative estimate of drug-likeness (QED) is 0.502. The monoisotopic (exact) mass is 461 g/mol. The zero-order valence-corrected chi connectivity index (χ0v) is 17.5. The molecule has 1 aliphatic heterocycles. The Morgan fingerprint density at radius 3 is 2.28 bits per heavy atom. The van der Waals surface area contributed by atoms with Crippen molar-refractivity contribution in [2.45, 2.75) is 38.3 Å². The highest BCUT2D eigenvalue weighted by Gasteiger charge is 2.38. The third kappa shape index (κ3) is 8.17. The molecule has 0 saturated carbocycles. The number of unbranched alkanes of at least 4 members (excludes halogenated alkanes) is 2. The molecule has 1 aliphatic rings. The summed E-state index contributed by atoms with van der Waals surface area (Å²) in [5.74, 6) is -4.27. The Bertz CT molecular complexity index is 844. The van der Waals surface area contributed by atoms with Gasteiger partial charge in [0.15, 0.2) is 0 Å². The van der Waals surface area contributed by atoms with Crippen LogP contribution in [0.25, 0.3) is 0 Å². The van der Waals surface area contributed by atoms with Gasteiger partial charge in [0.05, 0.1) is 17.7 Å². The Morgan fingerprint density at radius 2 is 1.75 bits per heavy atom. The Hall–Kier alpha value is -3.15. The summed E-state index contributed by atoms with van der Waals surface area (Å²) >= 11 is 0. The summed E-state index contributed by atoms with van der Waals surface area (Å²) in [4.78, 5) is 47.6. The number of likely N-dealkylation sites (N-methyl/N-ethyl adjacent to an activating group) is 1. The van der Waals surface area contributed by atoms with E-state index >= 15 is 0 Å². The second kappa shape index (κ2) is 12.0. The van der Waals surface area contributed by atoms with Gasteiger partial charge in [-0.15, -0.1) is 0 Å². The van der Waals surface area contributed by atoms with Gasteiger partial charge < -0.3 is 25.7 Å². The number of hydrogen-bond donors (Lipinski definition) is 3. The van der Waals surface area contributed by atoms with Crippen LogP contribution >= 0.6 is 0 Å². The first-order valence-corrected chi connectivity index (χ1v) is 9.79. The zero-order chi connectivity index (χ0) is 24.5.